The van der Waals surface area contributed by atoms with Crippen LogP contribution in [0, 0.1) is 0 Å². The molecule has 0 N–H and O–H groups in total. The molecular formula is C13H16ClFO. The van der Waals surface area contributed by atoms with Crippen molar-refractivity contribution >= 4 is 11.6 Å². The van der Waals surface area contributed by atoms with Gasteiger partial charge in [0, 0.05) is 0 Å². The third-order valence-corrected chi connectivity index (χ3v) is 1.97. The van der Waals surface area contributed by atoms with Crippen LogP contribution in [-0.4, -0.2) is 6.61 Å². The Balaban J connectivity index is 4.37. The normalized spacial score (nSPS) is 14.2. The maximum absolute atomic E-state index is 12.8. The predicted octanol–water partition coefficient (Wildman–Crippen LogP) is 4.65. The molecule has 3 heteroatoms. The molecule has 0 spiro atoms. The van der Waals surface area contributed by atoms with Crippen LogP contribution in [0.3, 0.4) is 0 Å². The van der Waals surface area contributed by atoms with E-state index in [2.05, 4.69) is 13.2 Å². The Morgan fingerprint density at radius 1 is 1.25 bits per heavy atom. The molecule has 0 rings (SSSR count). The molecule has 0 heterocycles. The second-order valence-corrected chi connectivity index (χ2v) is 3.60. The molecule has 0 aliphatic heterocycles. The fourth-order valence-electron chi connectivity index (χ4n) is 0.784. The molecule has 0 bridgehead atoms. The zero-order valence-electron chi connectivity index (χ0n) is 9.59. The fraction of sp³-hybridized carbons (Fsp3) is 0.231. The molecule has 0 radical (unpaired) electrons. The molecule has 0 atom stereocenters. The van der Waals surface area contributed by atoms with E-state index in [1.165, 1.54) is 13.0 Å². The molecule has 88 valence electrons. The van der Waals surface area contributed by atoms with E-state index in [1.54, 1.807) is 18.2 Å². The van der Waals surface area contributed by atoms with Crippen LogP contribution in [0.2, 0.25) is 0 Å². The summed E-state index contributed by atoms with van der Waals surface area (Å²) in [6.07, 6.45) is 6.51. The molecular weight excluding hydrogens is 227 g/mol. The van der Waals surface area contributed by atoms with Gasteiger partial charge in [-0.05, 0) is 26.0 Å². The largest absolute Gasteiger partial charge is 0.485 e. The van der Waals surface area contributed by atoms with E-state index < -0.39 is 5.83 Å². The van der Waals surface area contributed by atoms with Crippen molar-refractivity contribution in [3.63, 3.8) is 0 Å². The van der Waals surface area contributed by atoms with Gasteiger partial charge in [0.2, 0.25) is 0 Å². The van der Waals surface area contributed by atoms with Gasteiger partial charge in [-0.15, -0.1) is 0 Å². The van der Waals surface area contributed by atoms with Gasteiger partial charge in [0.05, 0.1) is 5.03 Å². The molecule has 0 fully saturated rings. The Morgan fingerprint density at radius 2 is 1.88 bits per heavy atom. The maximum Gasteiger partial charge on any atom is 0.150 e. The van der Waals surface area contributed by atoms with Gasteiger partial charge in [0.25, 0.3) is 0 Å². The molecule has 0 aromatic carbocycles. The second kappa shape index (κ2) is 7.94. The fourth-order valence-corrected chi connectivity index (χ4v) is 0.901. The van der Waals surface area contributed by atoms with Crippen LogP contribution in [0.1, 0.15) is 13.8 Å². The monoisotopic (exact) mass is 242 g/mol. The lowest BCUT2D eigenvalue weighted by Gasteiger charge is -2.05. The first-order chi connectivity index (χ1) is 7.51. The summed E-state index contributed by atoms with van der Waals surface area (Å²) >= 11 is 5.87. The first kappa shape index (κ1) is 14.7. The summed E-state index contributed by atoms with van der Waals surface area (Å²) in [6.45, 7) is 10.4. The van der Waals surface area contributed by atoms with Crippen LogP contribution in [-0.2, 0) is 4.74 Å². The van der Waals surface area contributed by atoms with Crippen molar-refractivity contribution in [2.24, 2.45) is 0 Å². The van der Waals surface area contributed by atoms with Crippen molar-refractivity contribution in [2.45, 2.75) is 13.8 Å². The average molecular weight is 243 g/mol. The molecule has 0 amide bonds. The van der Waals surface area contributed by atoms with E-state index in [4.69, 9.17) is 16.3 Å². The number of hydrogen-bond acceptors (Lipinski definition) is 1. The number of allylic oxidation sites excluding steroid dienone is 6. The zero-order chi connectivity index (χ0) is 12.6. The summed E-state index contributed by atoms with van der Waals surface area (Å²) < 4.78 is 17.9. The van der Waals surface area contributed by atoms with Crippen molar-refractivity contribution < 1.29 is 9.13 Å². The van der Waals surface area contributed by atoms with Gasteiger partial charge in [-0.2, -0.15) is 0 Å². The highest BCUT2D eigenvalue weighted by molar-refractivity contribution is 6.29. The van der Waals surface area contributed by atoms with Gasteiger partial charge in [-0.3, -0.25) is 0 Å². The number of rotatable bonds is 6. The van der Waals surface area contributed by atoms with Crippen molar-refractivity contribution in [1.82, 2.24) is 0 Å². The number of hydrogen-bond donors (Lipinski definition) is 0. The van der Waals surface area contributed by atoms with Crippen LogP contribution in [0.15, 0.2) is 59.7 Å². The van der Waals surface area contributed by atoms with E-state index in [0.717, 1.165) is 5.57 Å². The van der Waals surface area contributed by atoms with Gasteiger partial charge >= 0.3 is 0 Å². The van der Waals surface area contributed by atoms with E-state index in [9.17, 15) is 4.39 Å². The van der Waals surface area contributed by atoms with Crippen LogP contribution in [0.4, 0.5) is 4.39 Å². The molecule has 0 aliphatic rings. The highest BCUT2D eigenvalue weighted by Gasteiger charge is 1.99. The van der Waals surface area contributed by atoms with E-state index >= 15 is 0 Å². The second-order valence-electron chi connectivity index (χ2n) is 3.12. The van der Waals surface area contributed by atoms with Crippen molar-refractivity contribution in [2.75, 3.05) is 6.61 Å². The smallest absolute Gasteiger partial charge is 0.150 e. The lowest BCUT2D eigenvalue weighted by Crippen LogP contribution is -1.94. The Kier molecular flexibility index (Phi) is 7.31. The molecule has 1 nitrogen and oxygen atoms in total. The Morgan fingerprint density at radius 3 is 2.31 bits per heavy atom. The minimum atomic E-state index is -0.419. The minimum Gasteiger partial charge on any atom is -0.485 e. The predicted molar refractivity (Wildman–Crippen MR) is 67.8 cm³/mol. The highest BCUT2D eigenvalue weighted by Crippen LogP contribution is 2.12. The van der Waals surface area contributed by atoms with Gasteiger partial charge in [0.15, 0.2) is 0 Å². The molecule has 0 saturated heterocycles. The van der Waals surface area contributed by atoms with Gasteiger partial charge in [-0.1, -0.05) is 42.5 Å². The SMILES string of the molecule is C=C/C(C)=C\C=C(\Cl)CO/C(C=C)=C(/C)F. The molecule has 16 heavy (non-hydrogen) atoms. The van der Waals surface area contributed by atoms with Crippen LogP contribution in [0.5, 0.6) is 0 Å². The van der Waals surface area contributed by atoms with Gasteiger partial charge < -0.3 is 4.74 Å². The zero-order valence-corrected chi connectivity index (χ0v) is 10.4. The van der Waals surface area contributed by atoms with Gasteiger partial charge in [0.1, 0.15) is 18.2 Å². The number of halogens is 2. The first-order valence-electron chi connectivity index (χ1n) is 4.78. The summed E-state index contributed by atoms with van der Waals surface area (Å²) in [5.41, 5.74) is 0.985. The minimum absolute atomic E-state index is 0.107. The highest BCUT2D eigenvalue weighted by atomic mass is 35.5. The Labute approximate surface area is 101 Å². The molecule has 0 aromatic rings. The average Bonchev–Trinajstić information content (AvgIpc) is 2.26. The third-order valence-electron chi connectivity index (χ3n) is 1.74. The third kappa shape index (κ3) is 6.25. The maximum atomic E-state index is 12.8. The Hall–Kier alpha value is -1.28. The summed E-state index contributed by atoms with van der Waals surface area (Å²) in [6, 6.07) is 0. The van der Waals surface area contributed by atoms with Crippen LogP contribution >= 0.6 is 11.6 Å². The molecule has 0 unspecified atom stereocenters. The Bertz CT molecular complexity index is 347. The topological polar surface area (TPSA) is 9.23 Å². The van der Waals surface area contributed by atoms with E-state index in [-0.39, 0.29) is 12.4 Å². The molecule has 0 saturated carbocycles. The summed E-state index contributed by atoms with van der Waals surface area (Å²) in [7, 11) is 0. The summed E-state index contributed by atoms with van der Waals surface area (Å²) in [5, 5.41) is 0.474. The van der Waals surface area contributed by atoms with Gasteiger partial charge in [-0.25, -0.2) is 4.39 Å². The van der Waals surface area contributed by atoms with Crippen LogP contribution < -0.4 is 0 Å². The summed E-state index contributed by atoms with van der Waals surface area (Å²) in [4.78, 5) is 0. The van der Waals surface area contributed by atoms with Crippen LogP contribution in [0.25, 0.3) is 0 Å². The molecule has 0 aromatic heterocycles. The summed E-state index contributed by atoms with van der Waals surface area (Å²) in [5.74, 6) is -0.312. The lowest BCUT2D eigenvalue weighted by atomic mass is 10.3. The molecule has 0 aliphatic carbocycles. The van der Waals surface area contributed by atoms with Crippen molar-refractivity contribution in [3.8, 4) is 0 Å². The first-order valence-corrected chi connectivity index (χ1v) is 5.16. The standard InChI is InChI=1S/C13H16ClFO/c1-5-10(3)7-8-12(14)9-16-13(6-2)11(4)15/h5-8H,1-2,9H2,3-4H3/b10-7-,12-8+,13-11-. The lowest BCUT2D eigenvalue weighted by molar-refractivity contribution is 0.246. The number of ether oxygens (including phenoxy) is 1. The van der Waals surface area contributed by atoms with E-state index in [1.807, 2.05) is 6.92 Å². The van der Waals surface area contributed by atoms with Crippen molar-refractivity contribution in [3.05, 3.63) is 59.7 Å². The quantitative estimate of drug-likeness (QED) is 0.487. The van der Waals surface area contributed by atoms with E-state index in [0.29, 0.717) is 5.03 Å². The van der Waals surface area contributed by atoms with Crippen molar-refractivity contribution in [1.29, 1.82) is 0 Å².